The first kappa shape index (κ1) is 27.0. The van der Waals surface area contributed by atoms with Crippen molar-refractivity contribution < 1.29 is 4.79 Å². The molecular formula is C31H32ClN5OS. The number of hydrogen-bond donors (Lipinski definition) is 2. The molecule has 4 aromatic rings. The highest BCUT2D eigenvalue weighted by Gasteiger charge is 2.34. The minimum absolute atomic E-state index is 0.0182. The van der Waals surface area contributed by atoms with Crippen molar-refractivity contribution in [2.75, 3.05) is 10.6 Å². The van der Waals surface area contributed by atoms with E-state index in [9.17, 15) is 4.79 Å². The Morgan fingerprint density at radius 1 is 1.03 bits per heavy atom. The fourth-order valence-corrected chi connectivity index (χ4v) is 5.74. The molecule has 8 heteroatoms. The van der Waals surface area contributed by atoms with Crippen LogP contribution in [0.1, 0.15) is 56.0 Å². The zero-order valence-electron chi connectivity index (χ0n) is 22.7. The first-order chi connectivity index (χ1) is 18.6. The van der Waals surface area contributed by atoms with Gasteiger partial charge in [0.15, 0.2) is 0 Å². The van der Waals surface area contributed by atoms with Crippen LogP contribution in [0.3, 0.4) is 0 Å². The van der Waals surface area contributed by atoms with Crippen molar-refractivity contribution in [2.45, 2.75) is 57.0 Å². The number of hydrogen-bond acceptors (Lipinski definition) is 5. The summed E-state index contributed by atoms with van der Waals surface area (Å²) in [6.07, 6.45) is 0. The lowest BCUT2D eigenvalue weighted by atomic mass is 9.85. The van der Waals surface area contributed by atoms with Gasteiger partial charge in [0.05, 0.1) is 5.57 Å². The maximum Gasteiger partial charge on any atom is 0.255 e. The van der Waals surface area contributed by atoms with E-state index in [0.29, 0.717) is 22.4 Å². The number of halogens is 1. The summed E-state index contributed by atoms with van der Waals surface area (Å²) in [4.78, 5) is 18.6. The number of aromatic nitrogens is 3. The summed E-state index contributed by atoms with van der Waals surface area (Å²) >= 11 is 7.88. The Kier molecular flexibility index (Phi) is 7.56. The zero-order chi connectivity index (χ0) is 27.7. The van der Waals surface area contributed by atoms with Crippen LogP contribution in [0.5, 0.6) is 0 Å². The summed E-state index contributed by atoms with van der Waals surface area (Å²) in [7, 11) is 0. The number of rotatable bonds is 6. The number of fused-ring (bicyclic) bond motifs is 1. The first-order valence-corrected chi connectivity index (χ1v) is 14.3. The third-order valence-corrected chi connectivity index (χ3v) is 8.13. The van der Waals surface area contributed by atoms with Crippen LogP contribution in [0.25, 0.3) is 0 Å². The number of benzene rings is 3. The predicted molar refractivity (Wildman–Crippen MR) is 160 cm³/mol. The Bertz CT molecular complexity index is 1550. The molecule has 0 bridgehead atoms. The van der Waals surface area contributed by atoms with Gasteiger partial charge in [-0.2, -0.15) is 4.98 Å². The molecule has 2 N–H and O–H groups in total. The molecule has 0 saturated heterocycles. The van der Waals surface area contributed by atoms with Crippen molar-refractivity contribution in [3.05, 3.63) is 111 Å². The maximum absolute atomic E-state index is 13.8. The second-order valence-electron chi connectivity index (χ2n) is 10.7. The largest absolute Gasteiger partial charge is 0.328 e. The molecule has 6 nitrogen and oxygen atoms in total. The van der Waals surface area contributed by atoms with Gasteiger partial charge in [-0.05, 0) is 53.6 Å². The Hall–Kier alpha value is -3.55. The number of thioether (sulfide) groups is 1. The fraction of sp³-hybridized carbons (Fsp3) is 0.258. The Morgan fingerprint density at radius 3 is 2.41 bits per heavy atom. The van der Waals surface area contributed by atoms with Crippen LogP contribution in [0.15, 0.2) is 89.2 Å². The summed E-state index contributed by atoms with van der Waals surface area (Å²) in [5, 5.41) is 12.6. The number of carbonyl (C=O) groups excluding carboxylic acids is 1. The van der Waals surface area contributed by atoms with Crippen molar-refractivity contribution in [3.63, 3.8) is 0 Å². The standard InChI is InChI=1S/C31H32ClN5OS/c1-19-10-6-9-13-25(19)34-28(38)26-20(2)33-29-35-30(39-18-22-11-7-8-12-24(22)32)36-37(29)27(26)21-14-16-23(17-15-21)31(3,4)5/h6-17,27H,18H2,1-5H3,(H,34,38)(H,33,35,36). The van der Waals surface area contributed by atoms with E-state index < -0.39 is 6.04 Å². The van der Waals surface area contributed by atoms with Gasteiger partial charge in [-0.25, -0.2) is 4.68 Å². The molecule has 0 saturated carbocycles. The van der Waals surface area contributed by atoms with Crippen molar-refractivity contribution in [2.24, 2.45) is 0 Å². The molecule has 5 rings (SSSR count). The Balaban J connectivity index is 1.52. The van der Waals surface area contributed by atoms with Crippen LogP contribution in [-0.4, -0.2) is 20.7 Å². The number of carbonyl (C=O) groups is 1. The zero-order valence-corrected chi connectivity index (χ0v) is 24.3. The number of aryl methyl sites for hydroxylation is 1. The SMILES string of the molecule is CC1=C(C(=O)Nc2ccccc2C)C(c2ccc(C(C)(C)C)cc2)n2nc(SCc3ccccc3Cl)nc2N1. The van der Waals surface area contributed by atoms with Gasteiger partial charge >= 0.3 is 0 Å². The van der Waals surface area contributed by atoms with Crippen LogP contribution in [0.2, 0.25) is 5.02 Å². The lowest BCUT2D eigenvalue weighted by Gasteiger charge is -2.29. The molecular weight excluding hydrogens is 526 g/mol. The molecule has 0 aliphatic carbocycles. The molecule has 0 fully saturated rings. The van der Waals surface area contributed by atoms with E-state index in [2.05, 4.69) is 55.7 Å². The van der Waals surface area contributed by atoms with Gasteiger partial charge in [0.25, 0.3) is 5.91 Å². The molecule has 1 unspecified atom stereocenters. The molecule has 200 valence electrons. The Labute approximate surface area is 238 Å². The van der Waals surface area contributed by atoms with Crippen molar-refractivity contribution in [3.8, 4) is 0 Å². The van der Waals surface area contributed by atoms with E-state index in [4.69, 9.17) is 21.7 Å². The number of allylic oxidation sites excluding steroid dienone is 1. The van der Waals surface area contributed by atoms with Crippen LogP contribution >= 0.6 is 23.4 Å². The molecule has 1 atom stereocenters. The molecule has 2 heterocycles. The number of nitrogens with zero attached hydrogens (tertiary/aromatic N) is 3. The average molecular weight is 558 g/mol. The molecule has 0 spiro atoms. The third-order valence-electron chi connectivity index (χ3n) is 6.88. The minimum Gasteiger partial charge on any atom is -0.328 e. The minimum atomic E-state index is -0.443. The summed E-state index contributed by atoms with van der Waals surface area (Å²) in [6, 6.07) is 23.6. The van der Waals surface area contributed by atoms with E-state index in [-0.39, 0.29) is 11.3 Å². The normalized spacial score (nSPS) is 15.1. The molecule has 1 amide bonds. The number of anilines is 2. The highest BCUT2D eigenvalue weighted by atomic mass is 35.5. The fourth-order valence-electron chi connectivity index (χ4n) is 4.62. The van der Waals surface area contributed by atoms with E-state index in [1.165, 1.54) is 17.3 Å². The quantitative estimate of drug-likeness (QED) is 0.237. The van der Waals surface area contributed by atoms with Crippen LogP contribution in [0.4, 0.5) is 11.6 Å². The summed E-state index contributed by atoms with van der Waals surface area (Å²) < 4.78 is 1.82. The van der Waals surface area contributed by atoms with E-state index >= 15 is 0 Å². The molecule has 1 aliphatic rings. The third kappa shape index (κ3) is 5.75. The van der Waals surface area contributed by atoms with Gasteiger partial charge in [0.2, 0.25) is 11.1 Å². The molecule has 0 radical (unpaired) electrons. The second-order valence-corrected chi connectivity index (χ2v) is 12.1. The number of para-hydroxylation sites is 1. The van der Waals surface area contributed by atoms with Crippen molar-refractivity contribution >= 4 is 40.9 Å². The number of nitrogens with one attached hydrogen (secondary N) is 2. The van der Waals surface area contributed by atoms with Gasteiger partial charge in [0.1, 0.15) is 6.04 Å². The van der Waals surface area contributed by atoms with Gasteiger partial charge in [-0.1, -0.05) is 105 Å². The lowest BCUT2D eigenvalue weighted by Crippen LogP contribution is -2.31. The molecule has 39 heavy (non-hydrogen) atoms. The second kappa shape index (κ2) is 10.9. The van der Waals surface area contributed by atoms with Crippen LogP contribution in [-0.2, 0) is 16.0 Å². The van der Waals surface area contributed by atoms with Crippen LogP contribution in [0, 0.1) is 6.92 Å². The van der Waals surface area contributed by atoms with Crippen molar-refractivity contribution in [1.82, 2.24) is 14.8 Å². The summed E-state index contributed by atoms with van der Waals surface area (Å²) in [5.74, 6) is 1.07. The lowest BCUT2D eigenvalue weighted by molar-refractivity contribution is -0.113. The van der Waals surface area contributed by atoms with Gasteiger partial charge in [-0.3, -0.25) is 4.79 Å². The smallest absolute Gasteiger partial charge is 0.255 e. The molecule has 1 aromatic heterocycles. The highest BCUT2D eigenvalue weighted by Crippen LogP contribution is 2.38. The summed E-state index contributed by atoms with van der Waals surface area (Å²) in [5.41, 5.74) is 6.35. The number of amides is 1. The van der Waals surface area contributed by atoms with Gasteiger partial charge in [0, 0.05) is 22.2 Å². The van der Waals surface area contributed by atoms with Crippen LogP contribution < -0.4 is 10.6 Å². The molecule has 3 aromatic carbocycles. The average Bonchev–Trinajstić information content (AvgIpc) is 3.30. The van der Waals surface area contributed by atoms with Gasteiger partial charge in [-0.15, -0.1) is 5.10 Å². The topological polar surface area (TPSA) is 71.8 Å². The highest BCUT2D eigenvalue weighted by molar-refractivity contribution is 7.98. The van der Waals surface area contributed by atoms with E-state index in [1.54, 1.807) is 0 Å². The maximum atomic E-state index is 13.8. The monoisotopic (exact) mass is 557 g/mol. The first-order valence-electron chi connectivity index (χ1n) is 12.9. The molecule has 1 aliphatic heterocycles. The van der Waals surface area contributed by atoms with E-state index in [1.807, 2.05) is 67.1 Å². The van der Waals surface area contributed by atoms with Crippen molar-refractivity contribution in [1.29, 1.82) is 0 Å². The van der Waals surface area contributed by atoms with E-state index in [0.717, 1.165) is 33.1 Å². The summed E-state index contributed by atoms with van der Waals surface area (Å²) in [6.45, 7) is 10.5. The Morgan fingerprint density at radius 2 is 1.72 bits per heavy atom. The predicted octanol–water partition coefficient (Wildman–Crippen LogP) is 7.76. The van der Waals surface area contributed by atoms with Gasteiger partial charge < -0.3 is 10.6 Å².